The van der Waals surface area contributed by atoms with E-state index < -0.39 is 0 Å². The van der Waals surface area contributed by atoms with Crippen LogP contribution in [0, 0.1) is 18.8 Å². The van der Waals surface area contributed by atoms with Crippen molar-refractivity contribution in [2.45, 2.75) is 34.2 Å². The van der Waals surface area contributed by atoms with Crippen molar-refractivity contribution in [3.05, 3.63) is 29.3 Å². The Labute approximate surface area is 105 Å². The third-order valence-electron chi connectivity index (χ3n) is 3.39. The maximum atomic E-state index is 5.25. The van der Waals surface area contributed by atoms with E-state index in [9.17, 15) is 0 Å². The largest absolute Gasteiger partial charge is 0.496 e. The minimum Gasteiger partial charge on any atom is -0.496 e. The molecular formula is C15H25NO. The molecule has 1 N–H and O–H groups in total. The Kier molecular flexibility index (Phi) is 5.49. The van der Waals surface area contributed by atoms with Crippen LogP contribution in [0.4, 0.5) is 0 Å². The number of rotatable bonds is 6. The van der Waals surface area contributed by atoms with Gasteiger partial charge in [0.05, 0.1) is 7.11 Å². The molecule has 17 heavy (non-hydrogen) atoms. The van der Waals surface area contributed by atoms with E-state index in [1.54, 1.807) is 7.11 Å². The fourth-order valence-corrected chi connectivity index (χ4v) is 1.73. The summed E-state index contributed by atoms with van der Waals surface area (Å²) in [6.07, 6.45) is 0. The van der Waals surface area contributed by atoms with Crippen LogP contribution in [-0.4, -0.2) is 13.7 Å². The maximum Gasteiger partial charge on any atom is 0.121 e. The molecule has 1 rings (SSSR count). The summed E-state index contributed by atoms with van der Waals surface area (Å²) in [5, 5.41) is 3.51. The van der Waals surface area contributed by atoms with Crippen molar-refractivity contribution in [3.63, 3.8) is 0 Å². The molecule has 0 fully saturated rings. The van der Waals surface area contributed by atoms with Gasteiger partial charge in [0, 0.05) is 6.54 Å². The molecule has 0 spiro atoms. The number of aryl methyl sites for hydroxylation is 1. The molecular weight excluding hydrogens is 210 g/mol. The molecule has 0 aromatic heterocycles. The topological polar surface area (TPSA) is 21.3 Å². The zero-order valence-corrected chi connectivity index (χ0v) is 11.7. The first kappa shape index (κ1) is 14.0. The van der Waals surface area contributed by atoms with Gasteiger partial charge in [-0.3, -0.25) is 0 Å². The summed E-state index contributed by atoms with van der Waals surface area (Å²) in [4.78, 5) is 0. The van der Waals surface area contributed by atoms with Crippen LogP contribution in [0.2, 0.25) is 0 Å². The Hall–Kier alpha value is -1.02. The van der Waals surface area contributed by atoms with Gasteiger partial charge < -0.3 is 10.1 Å². The van der Waals surface area contributed by atoms with Gasteiger partial charge >= 0.3 is 0 Å². The Morgan fingerprint density at radius 1 is 1.24 bits per heavy atom. The molecule has 96 valence electrons. The van der Waals surface area contributed by atoms with Gasteiger partial charge in [-0.2, -0.15) is 0 Å². The predicted octanol–water partition coefficient (Wildman–Crippen LogP) is 3.39. The van der Waals surface area contributed by atoms with Crippen LogP contribution >= 0.6 is 0 Å². The number of benzene rings is 1. The van der Waals surface area contributed by atoms with Crippen molar-refractivity contribution in [3.8, 4) is 5.75 Å². The molecule has 0 aliphatic rings. The van der Waals surface area contributed by atoms with Gasteiger partial charge in [0.25, 0.3) is 0 Å². The smallest absolute Gasteiger partial charge is 0.121 e. The summed E-state index contributed by atoms with van der Waals surface area (Å²) in [5.74, 6) is 2.42. The second-order valence-corrected chi connectivity index (χ2v) is 5.16. The molecule has 0 radical (unpaired) electrons. The van der Waals surface area contributed by atoms with E-state index in [1.165, 1.54) is 11.1 Å². The van der Waals surface area contributed by atoms with Crippen LogP contribution in [0.5, 0.6) is 5.75 Å². The Balaban J connectivity index is 2.45. The van der Waals surface area contributed by atoms with Crippen LogP contribution < -0.4 is 10.1 Å². The van der Waals surface area contributed by atoms with Gasteiger partial charge in [-0.15, -0.1) is 0 Å². The highest BCUT2D eigenvalue weighted by Gasteiger charge is 2.06. The highest BCUT2D eigenvalue weighted by molar-refractivity contribution is 5.36. The lowest BCUT2D eigenvalue weighted by Crippen LogP contribution is -2.23. The van der Waals surface area contributed by atoms with Crippen LogP contribution in [0.25, 0.3) is 0 Å². The monoisotopic (exact) mass is 235 g/mol. The van der Waals surface area contributed by atoms with E-state index in [0.717, 1.165) is 24.8 Å². The fraction of sp³-hybridized carbons (Fsp3) is 0.600. The van der Waals surface area contributed by atoms with Crippen molar-refractivity contribution in [2.75, 3.05) is 13.7 Å². The lowest BCUT2D eigenvalue weighted by Gasteiger charge is -2.16. The number of hydrogen-bond donors (Lipinski definition) is 1. The molecule has 0 aliphatic carbocycles. The summed E-state index contributed by atoms with van der Waals surface area (Å²) in [7, 11) is 1.71. The van der Waals surface area contributed by atoms with Gasteiger partial charge in [-0.1, -0.05) is 32.9 Å². The second-order valence-electron chi connectivity index (χ2n) is 5.16. The zero-order chi connectivity index (χ0) is 12.8. The summed E-state index contributed by atoms with van der Waals surface area (Å²) in [5.41, 5.74) is 2.52. The van der Waals surface area contributed by atoms with E-state index in [2.05, 4.69) is 45.1 Å². The standard InChI is InChI=1S/C15H25NO/c1-11(2)13(4)9-16-10-14-6-7-15(17-5)12(3)8-14/h6-8,11,13,16H,9-10H2,1-5H3/t13-/m1/s1. The third kappa shape index (κ3) is 4.39. The molecule has 1 aromatic carbocycles. The van der Waals surface area contributed by atoms with Crippen LogP contribution in [-0.2, 0) is 6.54 Å². The minimum atomic E-state index is 0.717. The zero-order valence-electron chi connectivity index (χ0n) is 11.7. The molecule has 2 heteroatoms. The van der Waals surface area contributed by atoms with E-state index >= 15 is 0 Å². The predicted molar refractivity (Wildman–Crippen MR) is 73.4 cm³/mol. The summed E-state index contributed by atoms with van der Waals surface area (Å²) >= 11 is 0. The highest BCUT2D eigenvalue weighted by Crippen LogP contribution is 2.18. The van der Waals surface area contributed by atoms with Crippen LogP contribution in [0.15, 0.2) is 18.2 Å². The van der Waals surface area contributed by atoms with Gasteiger partial charge in [0.2, 0.25) is 0 Å². The first-order valence-electron chi connectivity index (χ1n) is 6.38. The Morgan fingerprint density at radius 3 is 2.47 bits per heavy atom. The number of hydrogen-bond acceptors (Lipinski definition) is 2. The minimum absolute atomic E-state index is 0.717. The van der Waals surface area contributed by atoms with Crippen LogP contribution in [0.1, 0.15) is 31.9 Å². The van der Waals surface area contributed by atoms with Crippen molar-refractivity contribution in [1.29, 1.82) is 0 Å². The van der Waals surface area contributed by atoms with E-state index in [4.69, 9.17) is 4.74 Å². The molecule has 0 unspecified atom stereocenters. The van der Waals surface area contributed by atoms with Crippen molar-refractivity contribution in [1.82, 2.24) is 5.32 Å². The highest BCUT2D eigenvalue weighted by atomic mass is 16.5. The Bertz CT molecular complexity index is 347. The van der Waals surface area contributed by atoms with Gasteiger partial charge in [0.1, 0.15) is 5.75 Å². The lowest BCUT2D eigenvalue weighted by molar-refractivity contribution is 0.392. The first-order chi connectivity index (χ1) is 8.04. The first-order valence-corrected chi connectivity index (χ1v) is 6.38. The third-order valence-corrected chi connectivity index (χ3v) is 3.39. The molecule has 0 aliphatic heterocycles. The average molecular weight is 235 g/mol. The molecule has 1 atom stereocenters. The van der Waals surface area contributed by atoms with Crippen molar-refractivity contribution in [2.24, 2.45) is 11.8 Å². The summed E-state index contributed by atoms with van der Waals surface area (Å²) in [6.45, 7) is 10.9. The van der Waals surface area contributed by atoms with Gasteiger partial charge in [-0.25, -0.2) is 0 Å². The molecule has 0 heterocycles. The lowest BCUT2D eigenvalue weighted by atomic mass is 9.98. The van der Waals surface area contributed by atoms with Gasteiger partial charge in [0.15, 0.2) is 0 Å². The normalized spacial score (nSPS) is 12.8. The SMILES string of the molecule is COc1ccc(CNC[C@@H](C)C(C)C)cc1C. The van der Waals surface area contributed by atoms with Crippen molar-refractivity contribution >= 4 is 0 Å². The number of ether oxygens (including phenoxy) is 1. The molecule has 0 amide bonds. The van der Waals surface area contributed by atoms with Crippen molar-refractivity contribution < 1.29 is 4.74 Å². The molecule has 0 bridgehead atoms. The van der Waals surface area contributed by atoms with E-state index in [1.807, 2.05) is 6.07 Å². The molecule has 0 saturated carbocycles. The second kappa shape index (κ2) is 6.65. The van der Waals surface area contributed by atoms with E-state index in [0.29, 0.717) is 5.92 Å². The fourth-order valence-electron chi connectivity index (χ4n) is 1.73. The Morgan fingerprint density at radius 2 is 1.94 bits per heavy atom. The van der Waals surface area contributed by atoms with E-state index in [-0.39, 0.29) is 0 Å². The van der Waals surface area contributed by atoms with Crippen LogP contribution in [0.3, 0.4) is 0 Å². The number of nitrogens with one attached hydrogen (secondary N) is 1. The molecule has 2 nitrogen and oxygen atoms in total. The van der Waals surface area contributed by atoms with Gasteiger partial charge in [-0.05, 0) is 42.5 Å². The quantitative estimate of drug-likeness (QED) is 0.816. The summed E-state index contributed by atoms with van der Waals surface area (Å²) < 4.78 is 5.25. The average Bonchev–Trinajstić information content (AvgIpc) is 2.29. The maximum absolute atomic E-state index is 5.25. The number of methoxy groups -OCH3 is 1. The molecule has 1 aromatic rings. The summed E-state index contributed by atoms with van der Waals surface area (Å²) in [6, 6.07) is 6.35. The molecule has 0 saturated heterocycles.